The fourth-order valence-corrected chi connectivity index (χ4v) is 6.19. The summed E-state index contributed by atoms with van der Waals surface area (Å²) >= 11 is 1.96. The van der Waals surface area contributed by atoms with Crippen molar-refractivity contribution in [3.05, 3.63) is 33.3 Å². The summed E-state index contributed by atoms with van der Waals surface area (Å²) in [5.74, 6) is 0.0818. The lowest BCUT2D eigenvalue weighted by Gasteiger charge is -2.47. The Morgan fingerprint density at radius 2 is 2.24 bits per heavy atom. The zero-order valence-corrected chi connectivity index (χ0v) is 19.1. The molecule has 29 heavy (non-hydrogen) atoms. The molecule has 2 aromatic rings. The first kappa shape index (κ1) is 21.0. The van der Waals surface area contributed by atoms with Crippen molar-refractivity contribution in [2.45, 2.75) is 64.3 Å². The number of likely N-dealkylation sites (tertiary alicyclic amines) is 1. The Morgan fingerprint density at radius 3 is 2.97 bits per heavy atom. The van der Waals surface area contributed by atoms with Gasteiger partial charge in [0.1, 0.15) is 9.84 Å². The first-order valence-corrected chi connectivity index (χ1v) is 13.2. The van der Waals surface area contributed by atoms with Crippen molar-refractivity contribution in [1.82, 2.24) is 19.9 Å². The van der Waals surface area contributed by atoms with Crippen LogP contribution in [0.5, 0.6) is 0 Å². The molecule has 1 unspecified atom stereocenters. The predicted molar refractivity (Wildman–Crippen MR) is 114 cm³/mol. The van der Waals surface area contributed by atoms with Gasteiger partial charge in [0.05, 0.1) is 30.2 Å². The van der Waals surface area contributed by atoms with Crippen LogP contribution < -0.4 is 0 Å². The molecule has 0 aliphatic carbocycles. The average Bonchev–Trinajstić information content (AvgIpc) is 3.29. The molecule has 4 heterocycles. The highest BCUT2D eigenvalue weighted by molar-refractivity contribution is 7.90. The molecule has 0 radical (unpaired) electrons. The average molecular weight is 439 g/mol. The largest absolute Gasteiger partial charge is 0.370 e. The first-order chi connectivity index (χ1) is 13.8. The summed E-state index contributed by atoms with van der Waals surface area (Å²) in [6.45, 7) is 7.33. The van der Waals surface area contributed by atoms with Gasteiger partial charge in [0.25, 0.3) is 0 Å². The number of nitrogens with zero attached hydrogens (tertiary/aromatic N) is 4. The quantitative estimate of drug-likeness (QED) is 0.689. The van der Waals surface area contributed by atoms with Gasteiger partial charge in [-0.1, -0.05) is 12.1 Å². The standard InChI is InChI=1S/C20H30N4O3S2/c1-4-17-11-18-19(28-17)5-9-27-20(18)6-7-23(15(2)12-20)13-16-14-24(22-21-16)8-10-29(3,25)26/h11,14-15H,4-10,12-13H2,1-3H3/t15-,20?/m0/s1. The van der Waals surface area contributed by atoms with Gasteiger partial charge in [0.15, 0.2) is 0 Å². The van der Waals surface area contributed by atoms with Crippen LogP contribution in [0, 0.1) is 0 Å². The molecule has 0 amide bonds. The van der Waals surface area contributed by atoms with Gasteiger partial charge in [0.2, 0.25) is 0 Å². The van der Waals surface area contributed by atoms with E-state index < -0.39 is 9.84 Å². The van der Waals surface area contributed by atoms with Gasteiger partial charge < -0.3 is 4.74 Å². The summed E-state index contributed by atoms with van der Waals surface area (Å²) in [6, 6.07) is 2.76. The fraction of sp³-hybridized carbons (Fsp3) is 0.700. The maximum Gasteiger partial charge on any atom is 0.149 e. The van der Waals surface area contributed by atoms with E-state index in [9.17, 15) is 8.42 Å². The number of fused-ring (bicyclic) bond motifs is 2. The van der Waals surface area contributed by atoms with Crippen molar-refractivity contribution < 1.29 is 13.2 Å². The van der Waals surface area contributed by atoms with Gasteiger partial charge in [-0.05, 0) is 37.8 Å². The van der Waals surface area contributed by atoms with Crippen LogP contribution in [0.4, 0.5) is 0 Å². The molecule has 2 aromatic heterocycles. The normalized spacial score (nSPS) is 25.4. The Bertz CT molecular complexity index is 968. The molecule has 2 atom stereocenters. The maximum atomic E-state index is 11.3. The van der Waals surface area contributed by atoms with E-state index in [1.807, 2.05) is 17.5 Å². The van der Waals surface area contributed by atoms with E-state index in [1.165, 1.54) is 21.6 Å². The molecule has 0 bridgehead atoms. The predicted octanol–water partition coefficient (Wildman–Crippen LogP) is 2.40. The highest BCUT2D eigenvalue weighted by Gasteiger charge is 2.44. The minimum Gasteiger partial charge on any atom is -0.370 e. The lowest BCUT2D eigenvalue weighted by Crippen LogP contribution is -2.50. The lowest BCUT2D eigenvalue weighted by molar-refractivity contribution is -0.112. The molecule has 2 aliphatic heterocycles. The monoisotopic (exact) mass is 438 g/mol. The number of ether oxygens (including phenoxy) is 1. The van der Waals surface area contributed by atoms with Crippen molar-refractivity contribution >= 4 is 21.2 Å². The molecule has 1 spiro atoms. The summed E-state index contributed by atoms with van der Waals surface area (Å²) in [4.78, 5) is 5.41. The fourth-order valence-electron chi connectivity index (χ4n) is 4.50. The van der Waals surface area contributed by atoms with Crippen LogP contribution in [-0.4, -0.2) is 59.5 Å². The number of hydrogen-bond donors (Lipinski definition) is 0. The maximum absolute atomic E-state index is 11.3. The van der Waals surface area contributed by atoms with Crippen LogP contribution in [0.15, 0.2) is 12.3 Å². The van der Waals surface area contributed by atoms with E-state index in [-0.39, 0.29) is 11.4 Å². The van der Waals surface area contributed by atoms with Gasteiger partial charge in [-0.25, -0.2) is 8.42 Å². The van der Waals surface area contributed by atoms with Crippen molar-refractivity contribution in [3.63, 3.8) is 0 Å². The summed E-state index contributed by atoms with van der Waals surface area (Å²) in [7, 11) is -3.00. The van der Waals surface area contributed by atoms with Crippen molar-refractivity contribution in [1.29, 1.82) is 0 Å². The number of sulfone groups is 1. The second-order valence-corrected chi connectivity index (χ2v) is 11.9. The molecule has 1 saturated heterocycles. The molecular formula is C20H30N4O3S2. The zero-order valence-electron chi connectivity index (χ0n) is 17.4. The van der Waals surface area contributed by atoms with Crippen molar-refractivity contribution in [2.75, 3.05) is 25.2 Å². The molecular weight excluding hydrogens is 408 g/mol. The van der Waals surface area contributed by atoms with Crippen molar-refractivity contribution in [3.8, 4) is 0 Å². The third kappa shape index (κ3) is 4.57. The number of aryl methyl sites for hydroxylation is 2. The molecule has 0 saturated carbocycles. The van der Waals surface area contributed by atoms with Crippen LogP contribution >= 0.6 is 11.3 Å². The van der Waals surface area contributed by atoms with Crippen LogP contribution in [-0.2, 0) is 46.1 Å². The minimum atomic E-state index is -3.00. The van der Waals surface area contributed by atoms with Crippen LogP contribution in [0.3, 0.4) is 0 Å². The van der Waals surface area contributed by atoms with E-state index in [2.05, 4.69) is 35.1 Å². The Hall–Kier alpha value is -1.29. The Kier molecular flexibility index (Phi) is 5.85. The number of rotatable bonds is 6. The Balaban J connectivity index is 1.42. The molecule has 2 aliphatic rings. The van der Waals surface area contributed by atoms with Gasteiger partial charge >= 0.3 is 0 Å². The Labute approximate surface area is 177 Å². The zero-order chi connectivity index (χ0) is 20.6. The summed E-state index contributed by atoms with van der Waals surface area (Å²) in [6.07, 6.45) is 7.21. The second-order valence-electron chi connectivity index (χ2n) is 8.37. The summed E-state index contributed by atoms with van der Waals surface area (Å²) < 4.78 is 30.7. The second kappa shape index (κ2) is 8.09. The van der Waals surface area contributed by atoms with E-state index in [0.717, 1.165) is 51.1 Å². The first-order valence-electron chi connectivity index (χ1n) is 10.3. The SMILES string of the molecule is CCc1cc2c(s1)CCOC21CCN(Cc2cn(CCS(C)(=O)=O)nn2)[C@@H](C)C1. The number of aromatic nitrogens is 3. The topological polar surface area (TPSA) is 77.3 Å². The number of hydrogen-bond acceptors (Lipinski definition) is 7. The van der Waals surface area contributed by atoms with E-state index in [0.29, 0.717) is 12.6 Å². The lowest BCUT2D eigenvalue weighted by atomic mass is 9.79. The number of piperidine rings is 1. The summed E-state index contributed by atoms with van der Waals surface area (Å²) in [5, 5.41) is 8.33. The van der Waals surface area contributed by atoms with E-state index in [4.69, 9.17) is 4.74 Å². The van der Waals surface area contributed by atoms with Gasteiger partial charge in [-0.3, -0.25) is 9.58 Å². The molecule has 1 fully saturated rings. The van der Waals surface area contributed by atoms with Gasteiger partial charge in [-0.2, -0.15) is 0 Å². The molecule has 160 valence electrons. The van der Waals surface area contributed by atoms with Crippen LogP contribution in [0.25, 0.3) is 0 Å². The number of thiophene rings is 1. The van der Waals surface area contributed by atoms with E-state index >= 15 is 0 Å². The van der Waals surface area contributed by atoms with Gasteiger partial charge in [-0.15, -0.1) is 16.4 Å². The third-order valence-corrected chi connectivity index (χ3v) is 8.36. The highest BCUT2D eigenvalue weighted by Crippen LogP contribution is 2.46. The smallest absolute Gasteiger partial charge is 0.149 e. The Morgan fingerprint density at radius 1 is 1.41 bits per heavy atom. The third-order valence-electron chi connectivity index (χ3n) is 6.10. The summed E-state index contributed by atoms with van der Waals surface area (Å²) in [5.41, 5.74) is 2.18. The van der Waals surface area contributed by atoms with Crippen LogP contribution in [0.1, 0.15) is 47.7 Å². The van der Waals surface area contributed by atoms with Crippen LogP contribution in [0.2, 0.25) is 0 Å². The molecule has 0 aromatic carbocycles. The molecule has 0 N–H and O–H groups in total. The van der Waals surface area contributed by atoms with E-state index in [1.54, 1.807) is 4.68 Å². The molecule has 9 heteroatoms. The molecule has 4 rings (SSSR count). The molecule has 7 nitrogen and oxygen atoms in total. The highest BCUT2D eigenvalue weighted by atomic mass is 32.2. The minimum absolute atomic E-state index is 0.0818. The van der Waals surface area contributed by atoms with Gasteiger partial charge in [0, 0.05) is 47.8 Å². The van der Waals surface area contributed by atoms with Crippen molar-refractivity contribution in [2.24, 2.45) is 0 Å².